The summed E-state index contributed by atoms with van der Waals surface area (Å²) >= 11 is 3.10. The Morgan fingerprint density at radius 2 is 1.71 bits per heavy atom. The Kier molecular flexibility index (Phi) is 3.26. The molecule has 0 saturated heterocycles. The number of hydrogen-bond acceptors (Lipinski definition) is 1. The maximum atomic E-state index is 11.9. The highest BCUT2D eigenvalue weighted by molar-refractivity contribution is 9.10. The standard InChI is InChI=1S/C9H8BrF5OS/c10-8-4-1-2-5-9(8)16-6-3-7-17(11,12,13,14)15/h1-5,7H,6H2/b7-3+. The van der Waals surface area contributed by atoms with Gasteiger partial charge < -0.3 is 4.74 Å². The van der Waals surface area contributed by atoms with Gasteiger partial charge in [-0.1, -0.05) is 31.6 Å². The van der Waals surface area contributed by atoms with E-state index in [0.29, 0.717) is 4.47 Å². The normalized spacial score (nSPS) is 16.6. The molecule has 1 aromatic rings. The zero-order valence-corrected chi connectivity index (χ0v) is 10.7. The first kappa shape index (κ1) is 14.3. The van der Waals surface area contributed by atoms with E-state index in [0.717, 1.165) is 0 Å². The highest BCUT2D eigenvalue weighted by Gasteiger charge is 2.60. The Morgan fingerprint density at radius 3 is 2.24 bits per heavy atom. The summed E-state index contributed by atoms with van der Waals surface area (Å²) in [7, 11) is -9.47. The lowest BCUT2D eigenvalue weighted by Gasteiger charge is -2.36. The van der Waals surface area contributed by atoms with Crippen LogP contribution in [-0.4, -0.2) is 6.61 Å². The molecule has 0 bridgehead atoms. The van der Waals surface area contributed by atoms with Crippen molar-refractivity contribution in [1.82, 2.24) is 0 Å². The topological polar surface area (TPSA) is 9.23 Å². The van der Waals surface area contributed by atoms with Crippen LogP contribution in [0.25, 0.3) is 0 Å². The van der Waals surface area contributed by atoms with Crippen LogP contribution in [0.5, 0.6) is 5.75 Å². The first-order valence-electron chi connectivity index (χ1n) is 4.26. The first-order chi connectivity index (χ1) is 7.47. The van der Waals surface area contributed by atoms with E-state index in [9.17, 15) is 19.4 Å². The molecule has 0 fully saturated rings. The van der Waals surface area contributed by atoms with Gasteiger partial charge in [-0.15, -0.1) is 0 Å². The molecule has 0 aliphatic heterocycles. The molecular weight excluding hydrogens is 331 g/mol. The summed E-state index contributed by atoms with van der Waals surface area (Å²) < 4.78 is 64.7. The fourth-order valence-electron chi connectivity index (χ4n) is 0.921. The minimum atomic E-state index is -9.47. The lowest BCUT2D eigenvalue weighted by atomic mass is 10.3. The van der Waals surface area contributed by atoms with Crippen molar-refractivity contribution in [2.45, 2.75) is 0 Å². The van der Waals surface area contributed by atoms with Crippen molar-refractivity contribution in [3.63, 3.8) is 0 Å². The maximum absolute atomic E-state index is 11.9. The fourth-order valence-corrected chi connectivity index (χ4v) is 1.76. The van der Waals surface area contributed by atoms with Crippen molar-refractivity contribution in [3.8, 4) is 5.75 Å². The predicted octanol–water partition coefficient (Wildman–Crippen LogP) is 5.64. The van der Waals surface area contributed by atoms with Gasteiger partial charge in [0.1, 0.15) is 12.4 Å². The second-order valence-corrected chi connectivity index (χ2v) is 6.33. The van der Waals surface area contributed by atoms with Crippen LogP contribution in [0, 0.1) is 0 Å². The van der Waals surface area contributed by atoms with E-state index in [1.54, 1.807) is 18.2 Å². The monoisotopic (exact) mass is 338 g/mol. The van der Waals surface area contributed by atoms with Gasteiger partial charge in [0.25, 0.3) is 0 Å². The minimum absolute atomic E-state index is 0.251. The van der Waals surface area contributed by atoms with E-state index in [4.69, 9.17) is 4.74 Å². The van der Waals surface area contributed by atoms with E-state index in [2.05, 4.69) is 15.9 Å². The molecule has 98 valence electrons. The van der Waals surface area contributed by atoms with Crippen LogP contribution in [0.2, 0.25) is 0 Å². The Bertz CT molecular complexity index is 441. The molecule has 0 saturated carbocycles. The Morgan fingerprint density at radius 1 is 1.12 bits per heavy atom. The van der Waals surface area contributed by atoms with E-state index in [-0.39, 0.29) is 11.8 Å². The number of ether oxygens (including phenoxy) is 1. The average Bonchev–Trinajstić information content (AvgIpc) is 2.11. The molecule has 0 amide bonds. The van der Waals surface area contributed by atoms with Crippen LogP contribution in [-0.2, 0) is 0 Å². The van der Waals surface area contributed by atoms with Gasteiger partial charge in [0, 0.05) is 0 Å². The molecule has 0 unspecified atom stereocenters. The molecule has 0 aliphatic carbocycles. The van der Waals surface area contributed by atoms with Gasteiger partial charge in [-0.05, 0) is 34.1 Å². The van der Waals surface area contributed by atoms with Crippen LogP contribution in [0.1, 0.15) is 0 Å². The van der Waals surface area contributed by atoms with E-state index < -0.39 is 22.2 Å². The number of rotatable bonds is 4. The van der Waals surface area contributed by atoms with Crippen molar-refractivity contribution in [2.24, 2.45) is 0 Å². The minimum Gasteiger partial charge on any atom is -0.488 e. The van der Waals surface area contributed by atoms with Crippen molar-refractivity contribution < 1.29 is 24.2 Å². The third kappa shape index (κ3) is 6.52. The molecule has 8 heteroatoms. The predicted molar refractivity (Wildman–Crippen MR) is 61.9 cm³/mol. The van der Waals surface area contributed by atoms with Crippen molar-refractivity contribution in [3.05, 3.63) is 40.2 Å². The van der Waals surface area contributed by atoms with Gasteiger partial charge >= 0.3 is 10.2 Å². The van der Waals surface area contributed by atoms with Crippen LogP contribution in [0.15, 0.2) is 40.2 Å². The Balaban J connectivity index is 2.62. The Hall–Kier alpha value is -0.760. The first-order valence-corrected chi connectivity index (χ1v) is 7.07. The van der Waals surface area contributed by atoms with Crippen LogP contribution < -0.4 is 4.74 Å². The number of benzene rings is 1. The zero-order chi connectivity index (χ0) is 13.2. The molecule has 0 radical (unpaired) electrons. The van der Waals surface area contributed by atoms with Gasteiger partial charge in [0.2, 0.25) is 0 Å². The quantitative estimate of drug-likeness (QED) is 0.645. The average molecular weight is 339 g/mol. The molecule has 1 nitrogen and oxygen atoms in total. The summed E-state index contributed by atoms with van der Waals surface area (Å²) in [5.74, 6) is 0.277. The highest BCUT2D eigenvalue weighted by atomic mass is 79.9. The second kappa shape index (κ2) is 3.88. The van der Waals surface area contributed by atoms with Crippen LogP contribution >= 0.6 is 26.2 Å². The number of halogens is 6. The Labute approximate surface area is 103 Å². The summed E-state index contributed by atoms with van der Waals surface area (Å²) in [5.41, 5.74) is 0. The maximum Gasteiger partial charge on any atom is 0.304 e. The third-order valence-electron chi connectivity index (χ3n) is 1.53. The van der Waals surface area contributed by atoms with Gasteiger partial charge in [0.05, 0.1) is 9.88 Å². The largest absolute Gasteiger partial charge is 0.488 e. The van der Waals surface area contributed by atoms with Gasteiger partial charge in [-0.3, -0.25) is 0 Å². The molecule has 0 N–H and O–H groups in total. The van der Waals surface area contributed by atoms with Crippen molar-refractivity contribution in [2.75, 3.05) is 6.61 Å². The number of hydrogen-bond donors (Lipinski definition) is 0. The van der Waals surface area contributed by atoms with E-state index in [1.165, 1.54) is 6.07 Å². The number of para-hydroxylation sites is 1. The molecule has 17 heavy (non-hydrogen) atoms. The van der Waals surface area contributed by atoms with Crippen LogP contribution in [0.3, 0.4) is 0 Å². The third-order valence-corrected chi connectivity index (χ3v) is 2.89. The van der Waals surface area contributed by atoms with E-state index in [1.807, 2.05) is 0 Å². The SMILES string of the molecule is FS(F)(F)(F)(F)/C=C/COc1ccccc1Br. The molecule has 0 spiro atoms. The summed E-state index contributed by atoms with van der Waals surface area (Å²) in [4.78, 5) is 0. The van der Waals surface area contributed by atoms with Crippen molar-refractivity contribution in [1.29, 1.82) is 0 Å². The summed E-state index contributed by atoms with van der Waals surface area (Å²) in [5, 5.41) is -1.02. The van der Waals surface area contributed by atoms with E-state index >= 15 is 0 Å². The summed E-state index contributed by atoms with van der Waals surface area (Å²) in [6.45, 7) is -0.589. The molecule has 1 rings (SSSR count). The molecular formula is C9H8BrF5OS. The second-order valence-electron chi connectivity index (χ2n) is 3.14. The molecule has 0 heterocycles. The van der Waals surface area contributed by atoms with Gasteiger partial charge in [-0.25, -0.2) is 0 Å². The smallest absolute Gasteiger partial charge is 0.304 e. The fraction of sp³-hybridized carbons (Fsp3) is 0.111. The van der Waals surface area contributed by atoms with Crippen molar-refractivity contribution >= 4 is 26.2 Å². The summed E-state index contributed by atoms with van der Waals surface area (Å²) in [6, 6.07) is 6.40. The zero-order valence-electron chi connectivity index (χ0n) is 8.26. The summed E-state index contributed by atoms with van der Waals surface area (Å²) in [6.07, 6.45) is 0.251. The molecule has 1 aromatic carbocycles. The van der Waals surface area contributed by atoms with Gasteiger partial charge in [0.15, 0.2) is 0 Å². The highest BCUT2D eigenvalue weighted by Crippen LogP contribution is 2.98. The molecule has 0 aromatic heterocycles. The van der Waals surface area contributed by atoms with Crippen LogP contribution in [0.4, 0.5) is 19.4 Å². The lowest BCUT2D eigenvalue weighted by molar-refractivity contribution is 0.357. The lowest BCUT2D eigenvalue weighted by Crippen LogP contribution is -2.01. The molecule has 0 atom stereocenters. The molecule has 0 aliphatic rings. The van der Waals surface area contributed by atoms with Gasteiger partial charge in [-0.2, -0.15) is 0 Å².